The number of nitrogens with one attached hydrogen (secondary N) is 2. The molecule has 1 aliphatic rings. The zero-order chi connectivity index (χ0) is 13.9. The molecule has 0 spiro atoms. The Hall–Kier alpha value is -1.29. The SMILES string of the molecule is CCNc1ccc(Cl)c(C(=O)NC2(C)CCCC2)n1. The second kappa shape index (κ2) is 5.78. The number of halogens is 1. The van der Waals surface area contributed by atoms with Crippen molar-refractivity contribution in [2.45, 2.75) is 45.1 Å². The summed E-state index contributed by atoms with van der Waals surface area (Å²) >= 11 is 6.07. The van der Waals surface area contributed by atoms with Gasteiger partial charge >= 0.3 is 0 Å². The Morgan fingerprint density at radius 3 is 2.74 bits per heavy atom. The van der Waals surface area contributed by atoms with Crippen molar-refractivity contribution in [1.82, 2.24) is 10.3 Å². The summed E-state index contributed by atoms with van der Waals surface area (Å²) < 4.78 is 0. The van der Waals surface area contributed by atoms with Crippen LogP contribution >= 0.6 is 11.6 Å². The molecule has 1 amide bonds. The Kier molecular flexibility index (Phi) is 4.30. The van der Waals surface area contributed by atoms with Gasteiger partial charge in [0, 0.05) is 12.1 Å². The number of pyridine rings is 1. The maximum absolute atomic E-state index is 12.3. The van der Waals surface area contributed by atoms with E-state index in [1.165, 1.54) is 0 Å². The van der Waals surface area contributed by atoms with Crippen molar-refractivity contribution in [3.8, 4) is 0 Å². The molecule has 4 nitrogen and oxygen atoms in total. The van der Waals surface area contributed by atoms with Gasteiger partial charge in [0.15, 0.2) is 0 Å². The van der Waals surface area contributed by atoms with Gasteiger partial charge in [-0.3, -0.25) is 4.79 Å². The molecule has 0 aliphatic heterocycles. The normalized spacial score (nSPS) is 17.2. The number of aromatic nitrogens is 1. The van der Waals surface area contributed by atoms with Crippen molar-refractivity contribution in [2.24, 2.45) is 0 Å². The maximum Gasteiger partial charge on any atom is 0.271 e. The molecule has 5 heteroatoms. The van der Waals surface area contributed by atoms with E-state index in [1.807, 2.05) is 6.92 Å². The Labute approximate surface area is 118 Å². The van der Waals surface area contributed by atoms with Crippen LogP contribution in [-0.2, 0) is 0 Å². The van der Waals surface area contributed by atoms with E-state index < -0.39 is 0 Å². The highest BCUT2D eigenvalue weighted by Crippen LogP contribution is 2.29. The summed E-state index contributed by atoms with van der Waals surface area (Å²) in [6.07, 6.45) is 4.36. The maximum atomic E-state index is 12.3. The summed E-state index contributed by atoms with van der Waals surface area (Å²) in [5.74, 6) is 0.489. The topological polar surface area (TPSA) is 54.0 Å². The minimum atomic E-state index is -0.186. The number of carbonyl (C=O) groups is 1. The highest BCUT2D eigenvalue weighted by Gasteiger charge is 2.31. The molecule has 0 radical (unpaired) electrons. The first-order valence-corrected chi connectivity index (χ1v) is 7.15. The molecule has 19 heavy (non-hydrogen) atoms. The average Bonchev–Trinajstić information content (AvgIpc) is 2.78. The number of amides is 1. The van der Waals surface area contributed by atoms with E-state index in [0.717, 1.165) is 32.2 Å². The average molecular weight is 282 g/mol. The fraction of sp³-hybridized carbons (Fsp3) is 0.571. The predicted octanol–water partition coefficient (Wildman–Crippen LogP) is 3.23. The van der Waals surface area contributed by atoms with Crippen molar-refractivity contribution in [3.63, 3.8) is 0 Å². The number of rotatable bonds is 4. The summed E-state index contributed by atoms with van der Waals surface area (Å²) in [5, 5.41) is 6.54. The first kappa shape index (κ1) is 14.1. The number of nitrogens with zero attached hydrogens (tertiary/aromatic N) is 1. The van der Waals surface area contributed by atoms with Crippen LogP contribution < -0.4 is 10.6 Å². The molecule has 1 aromatic rings. The number of hydrogen-bond acceptors (Lipinski definition) is 3. The lowest BCUT2D eigenvalue weighted by atomic mass is 10.0. The van der Waals surface area contributed by atoms with Crippen LogP contribution in [-0.4, -0.2) is 23.0 Å². The predicted molar refractivity (Wildman–Crippen MR) is 77.7 cm³/mol. The van der Waals surface area contributed by atoms with E-state index in [1.54, 1.807) is 12.1 Å². The van der Waals surface area contributed by atoms with Crippen molar-refractivity contribution < 1.29 is 4.79 Å². The minimum absolute atomic E-state index is 0.115. The summed E-state index contributed by atoms with van der Waals surface area (Å²) in [5.41, 5.74) is 0.184. The van der Waals surface area contributed by atoms with E-state index in [-0.39, 0.29) is 11.4 Å². The van der Waals surface area contributed by atoms with E-state index >= 15 is 0 Å². The molecule has 0 aromatic carbocycles. The molecule has 0 saturated heterocycles. The highest BCUT2D eigenvalue weighted by atomic mass is 35.5. The largest absolute Gasteiger partial charge is 0.370 e. The molecule has 1 aliphatic carbocycles. The molecule has 0 bridgehead atoms. The third-order valence-electron chi connectivity index (χ3n) is 3.54. The van der Waals surface area contributed by atoms with Crippen molar-refractivity contribution >= 4 is 23.3 Å². The second-order valence-electron chi connectivity index (χ2n) is 5.28. The first-order chi connectivity index (χ1) is 9.04. The molecule has 2 rings (SSSR count). The molecule has 2 N–H and O–H groups in total. The second-order valence-corrected chi connectivity index (χ2v) is 5.69. The summed E-state index contributed by atoms with van der Waals surface area (Å²) in [4.78, 5) is 16.6. The molecule has 0 unspecified atom stereocenters. The Bertz CT molecular complexity index is 470. The fourth-order valence-corrected chi connectivity index (χ4v) is 2.69. The van der Waals surface area contributed by atoms with E-state index in [2.05, 4.69) is 22.5 Å². The van der Waals surface area contributed by atoms with Crippen LogP contribution in [0.2, 0.25) is 5.02 Å². The van der Waals surface area contributed by atoms with Gasteiger partial charge in [-0.1, -0.05) is 24.4 Å². The van der Waals surface area contributed by atoms with Crippen LogP contribution in [0.5, 0.6) is 0 Å². The molecular formula is C14H20ClN3O. The van der Waals surface area contributed by atoms with Crippen LogP contribution in [0.25, 0.3) is 0 Å². The molecule has 1 heterocycles. The van der Waals surface area contributed by atoms with E-state index in [0.29, 0.717) is 16.5 Å². The lowest BCUT2D eigenvalue weighted by Crippen LogP contribution is -2.44. The Morgan fingerprint density at radius 2 is 2.11 bits per heavy atom. The van der Waals surface area contributed by atoms with Gasteiger partial charge in [-0.2, -0.15) is 0 Å². The van der Waals surface area contributed by atoms with Crippen LogP contribution in [0.15, 0.2) is 12.1 Å². The summed E-state index contributed by atoms with van der Waals surface area (Å²) in [6.45, 7) is 4.82. The summed E-state index contributed by atoms with van der Waals surface area (Å²) in [7, 11) is 0. The van der Waals surface area contributed by atoms with Gasteiger partial charge in [0.1, 0.15) is 11.5 Å². The van der Waals surface area contributed by atoms with Gasteiger partial charge < -0.3 is 10.6 Å². The zero-order valence-electron chi connectivity index (χ0n) is 11.4. The van der Waals surface area contributed by atoms with Gasteiger partial charge in [0.2, 0.25) is 0 Å². The van der Waals surface area contributed by atoms with Crippen molar-refractivity contribution in [3.05, 3.63) is 22.8 Å². The number of anilines is 1. The monoisotopic (exact) mass is 281 g/mol. The quantitative estimate of drug-likeness (QED) is 0.891. The van der Waals surface area contributed by atoms with Gasteiger partial charge in [-0.25, -0.2) is 4.98 Å². The molecular weight excluding hydrogens is 262 g/mol. The van der Waals surface area contributed by atoms with Crippen LogP contribution in [0.3, 0.4) is 0 Å². The fourth-order valence-electron chi connectivity index (χ4n) is 2.49. The summed E-state index contributed by atoms with van der Waals surface area (Å²) in [6, 6.07) is 3.48. The van der Waals surface area contributed by atoms with Crippen LogP contribution in [0.4, 0.5) is 5.82 Å². The first-order valence-electron chi connectivity index (χ1n) is 6.77. The van der Waals surface area contributed by atoms with Crippen LogP contribution in [0, 0.1) is 0 Å². The van der Waals surface area contributed by atoms with Gasteiger partial charge in [-0.05, 0) is 38.8 Å². The Morgan fingerprint density at radius 1 is 1.42 bits per heavy atom. The third kappa shape index (κ3) is 3.38. The minimum Gasteiger partial charge on any atom is -0.370 e. The molecule has 0 atom stereocenters. The smallest absolute Gasteiger partial charge is 0.271 e. The Balaban J connectivity index is 2.15. The van der Waals surface area contributed by atoms with Crippen molar-refractivity contribution in [1.29, 1.82) is 0 Å². The highest BCUT2D eigenvalue weighted by molar-refractivity contribution is 6.33. The lowest BCUT2D eigenvalue weighted by molar-refractivity contribution is 0.0903. The van der Waals surface area contributed by atoms with Crippen molar-refractivity contribution in [2.75, 3.05) is 11.9 Å². The van der Waals surface area contributed by atoms with Gasteiger partial charge in [-0.15, -0.1) is 0 Å². The van der Waals surface area contributed by atoms with Gasteiger partial charge in [0.25, 0.3) is 5.91 Å². The molecule has 1 fully saturated rings. The van der Waals surface area contributed by atoms with Gasteiger partial charge in [0.05, 0.1) is 5.02 Å². The molecule has 1 saturated carbocycles. The third-order valence-corrected chi connectivity index (χ3v) is 3.85. The lowest BCUT2D eigenvalue weighted by Gasteiger charge is -2.25. The number of hydrogen-bond donors (Lipinski definition) is 2. The van der Waals surface area contributed by atoms with E-state index in [4.69, 9.17) is 11.6 Å². The molecule has 1 aromatic heterocycles. The standard InChI is InChI=1S/C14H20ClN3O/c1-3-16-11-7-6-10(15)12(17-11)13(19)18-14(2)8-4-5-9-14/h6-7H,3-5,8-9H2,1-2H3,(H,16,17)(H,18,19). The molecule has 104 valence electrons. The zero-order valence-corrected chi connectivity index (χ0v) is 12.2. The van der Waals surface area contributed by atoms with Crippen LogP contribution in [0.1, 0.15) is 50.0 Å². The number of carbonyl (C=O) groups excluding carboxylic acids is 1. The van der Waals surface area contributed by atoms with E-state index in [9.17, 15) is 4.79 Å².